The van der Waals surface area contributed by atoms with Crippen LogP contribution in [0.3, 0.4) is 0 Å². The predicted molar refractivity (Wildman–Crippen MR) is 72.5 cm³/mol. The second-order valence-electron chi connectivity index (χ2n) is 5.82. The van der Waals surface area contributed by atoms with Gasteiger partial charge < -0.3 is 20.8 Å². The third-order valence-electron chi connectivity index (χ3n) is 4.40. The summed E-state index contributed by atoms with van der Waals surface area (Å²) in [7, 11) is 0. The maximum absolute atomic E-state index is 9.84. The minimum atomic E-state index is -0.168. The fourth-order valence-corrected chi connectivity index (χ4v) is 3.21. The summed E-state index contributed by atoms with van der Waals surface area (Å²) in [5.74, 6) is 0. The first-order valence-electron chi connectivity index (χ1n) is 7.60. The van der Waals surface area contributed by atoms with Gasteiger partial charge in [0, 0.05) is 25.2 Å². The van der Waals surface area contributed by atoms with Gasteiger partial charge in [-0.3, -0.25) is 0 Å². The van der Waals surface area contributed by atoms with Crippen molar-refractivity contribution in [2.24, 2.45) is 0 Å². The zero-order valence-electron chi connectivity index (χ0n) is 11.3. The molecular weight excluding hydrogens is 228 g/mol. The predicted octanol–water partition coefficient (Wildman–Crippen LogP) is 0.773. The van der Waals surface area contributed by atoms with E-state index in [2.05, 4.69) is 10.6 Å². The summed E-state index contributed by atoms with van der Waals surface area (Å²) in [6.07, 6.45) is 8.49. The second-order valence-corrected chi connectivity index (χ2v) is 5.82. The van der Waals surface area contributed by atoms with E-state index in [1.54, 1.807) is 0 Å². The second kappa shape index (κ2) is 7.43. The van der Waals surface area contributed by atoms with Crippen LogP contribution in [0.15, 0.2) is 0 Å². The van der Waals surface area contributed by atoms with Crippen molar-refractivity contribution in [3.8, 4) is 0 Å². The summed E-state index contributed by atoms with van der Waals surface area (Å²) in [6, 6.07) is 0.550. The number of aliphatic hydroxyl groups excluding tert-OH is 2. The van der Waals surface area contributed by atoms with E-state index >= 15 is 0 Å². The topological polar surface area (TPSA) is 64.5 Å². The Morgan fingerprint density at radius 2 is 1.06 bits per heavy atom. The third-order valence-corrected chi connectivity index (χ3v) is 4.40. The van der Waals surface area contributed by atoms with Crippen molar-refractivity contribution in [3.63, 3.8) is 0 Å². The molecule has 18 heavy (non-hydrogen) atoms. The molecule has 2 aliphatic carbocycles. The summed E-state index contributed by atoms with van der Waals surface area (Å²) in [6.45, 7) is 1.76. The van der Waals surface area contributed by atoms with Crippen LogP contribution in [0.5, 0.6) is 0 Å². The molecule has 0 saturated heterocycles. The Morgan fingerprint density at radius 3 is 1.44 bits per heavy atom. The molecule has 0 spiro atoms. The molecule has 0 heterocycles. The van der Waals surface area contributed by atoms with Crippen LogP contribution in [0.2, 0.25) is 0 Å². The number of nitrogens with one attached hydrogen (secondary N) is 2. The molecule has 4 N–H and O–H groups in total. The number of aliphatic hydroxyl groups is 2. The zero-order valence-corrected chi connectivity index (χ0v) is 11.3. The van der Waals surface area contributed by atoms with E-state index in [0.29, 0.717) is 0 Å². The molecule has 2 aliphatic rings. The lowest BCUT2D eigenvalue weighted by molar-refractivity contribution is 0.0844. The molecule has 106 valence electrons. The van der Waals surface area contributed by atoms with Gasteiger partial charge in [-0.2, -0.15) is 0 Å². The highest BCUT2D eigenvalue weighted by Gasteiger charge is 2.23. The first kappa shape index (κ1) is 14.3. The fourth-order valence-electron chi connectivity index (χ4n) is 3.21. The van der Waals surface area contributed by atoms with Gasteiger partial charge in [-0.05, 0) is 25.7 Å². The molecule has 4 heteroatoms. The van der Waals surface area contributed by atoms with E-state index in [-0.39, 0.29) is 24.3 Å². The van der Waals surface area contributed by atoms with Crippen molar-refractivity contribution in [2.75, 3.05) is 13.1 Å². The molecule has 0 unspecified atom stereocenters. The highest BCUT2D eigenvalue weighted by Crippen LogP contribution is 2.19. The van der Waals surface area contributed by atoms with Gasteiger partial charge in [0.1, 0.15) is 0 Å². The molecular formula is C14H28N2O2. The quantitative estimate of drug-likeness (QED) is 0.549. The molecule has 2 fully saturated rings. The highest BCUT2D eigenvalue weighted by atomic mass is 16.3. The number of rotatable bonds is 5. The fraction of sp³-hybridized carbons (Fsp3) is 1.00. The largest absolute Gasteiger partial charge is 0.392 e. The van der Waals surface area contributed by atoms with E-state index in [1.807, 2.05) is 0 Å². The SMILES string of the molecule is O[C@@H]1CCCC[C@H]1NCCN[C@@H]1CCCC[C@H]1O. The van der Waals surface area contributed by atoms with Crippen molar-refractivity contribution < 1.29 is 10.2 Å². The van der Waals surface area contributed by atoms with Gasteiger partial charge in [-0.25, -0.2) is 0 Å². The van der Waals surface area contributed by atoms with E-state index in [4.69, 9.17) is 0 Å². The van der Waals surface area contributed by atoms with Crippen LogP contribution < -0.4 is 10.6 Å². The van der Waals surface area contributed by atoms with Gasteiger partial charge in [-0.15, -0.1) is 0 Å². The highest BCUT2D eigenvalue weighted by molar-refractivity contribution is 4.82. The van der Waals surface area contributed by atoms with Gasteiger partial charge >= 0.3 is 0 Å². The Balaban J connectivity index is 1.57. The average Bonchev–Trinajstić information content (AvgIpc) is 2.38. The van der Waals surface area contributed by atoms with Crippen LogP contribution in [-0.4, -0.2) is 47.6 Å². The summed E-state index contributed by atoms with van der Waals surface area (Å²) in [5, 5.41) is 26.5. The van der Waals surface area contributed by atoms with Gasteiger partial charge in [0.2, 0.25) is 0 Å². The standard InChI is InChI=1S/C14H28N2O2/c17-13-7-3-1-5-11(13)15-9-10-16-12-6-2-4-8-14(12)18/h11-18H,1-10H2/t11-,12-,13-,14-/m1/s1. The first-order chi connectivity index (χ1) is 8.77. The lowest BCUT2D eigenvalue weighted by atomic mass is 9.92. The van der Waals surface area contributed by atoms with Crippen LogP contribution >= 0.6 is 0 Å². The first-order valence-corrected chi connectivity index (χ1v) is 7.60. The molecule has 2 rings (SSSR count). The van der Waals surface area contributed by atoms with Gasteiger partial charge in [-0.1, -0.05) is 25.7 Å². The van der Waals surface area contributed by atoms with E-state index in [9.17, 15) is 10.2 Å². The minimum Gasteiger partial charge on any atom is -0.392 e. The number of hydrogen-bond donors (Lipinski definition) is 4. The lowest BCUT2D eigenvalue weighted by Gasteiger charge is -2.30. The molecule has 0 aromatic carbocycles. The van der Waals surface area contributed by atoms with E-state index in [0.717, 1.165) is 51.6 Å². The van der Waals surface area contributed by atoms with Crippen molar-refractivity contribution in [2.45, 2.75) is 75.7 Å². The molecule has 2 saturated carbocycles. The van der Waals surface area contributed by atoms with Crippen LogP contribution in [-0.2, 0) is 0 Å². The Labute approximate surface area is 110 Å². The van der Waals surface area contributed by atoms with Crippen LogP contribution in [0, 0.1) is 0 Å². The van der Waals surface area contributed by atoms with E-state index in [1.165, 1.54) is 12.8 Å². The smallest absolute Gasteiger partial charge is 0.0693 e. The molecule has 0 bridgehead atoms. The molecule has 0 radical (unpaired) electrons. The van der Waals surface area contributed by atoms with Crippen molar-refractivity contribution >= 4 is 0 Å². The lowest BCUT2D eigenvalue weighted by Crippen LogP contribution is -2.48. The number of hydrogen-bond acceptors (Lipinski definition) is 4. The summed E-state index contributed by atoms with van der Waals surface area (Å²) in [4.78, 5) is 0. The van der Waals surface area contributed by atoms with Crippen LogP contribution in [0.4, 0.5) is 0 Å². The normalized spacial score (nSPS) is 37.7. The maximum atomic E-state index is 9.84. The van der Waals surface area contributed by atoms with Crippen molar-refractivity contribution in [1.29, 1.82) is 0 Å². The average molecular weight is 256 g/mol. The van der Waals surface area contributed by atoms with Gasteiger partial charge in [0.05, 0.1) is 12.2 Å². The van der Waals surface area contributed by atoms with E-state index < -0.39 is 0 Å². The Hall–Kier alpha value is -0.160. The zero-order chi connectivity index (χ0) is 12.8. The summed E-state index contributed by atoms with van der Waals surface area (Å²) < 4.78 is 0. The van der Waals surface area contributed by atoms with Crippen LogP contribution in [0.1, 0.15) is 51.4 Å². The third kappa shape index (κ3) is 4.19. The monoisotopic (exact) mass is 256 g/mol. The molecule has 4 nitrogen and oxygen atoms in total. The maximum Gasteiger partial charge on any atom is 0.0693 e. The summed E-state index contributed by atoms with van der Waals surface area (Å²) >= 11 is 0. The molecule has 0 aromatic rings. The van der Waals surface area contributed by atoms with Crippen molar-refractivity contribution in [3.05, 3.63) is 0 Å². The minimum absolute atomic E-state index is 0.168. The summed E-state index contributed by atoms with van der Waals surface area (Å²) in [5.41, 5.74) is 0. The Bertz CT molecular complexity index is 214. The molecule has 0 aromatic heterocycles. The molecule has 4 atom stereocenters. The van der Waals surface area contributed by atoms with Crippen LogP contribution in [0.25, 0.3) is 0 Å². The van der Waals surface area contributed by atoms with Crippen molar-refractivity contribution in [1.82, 2.24) is 10.6 Å². The molecule has 0 aliphatic heterocycles. The van der Waals surface area contributed by atoms with Gasteiger partial charge in [0.15, 0.2) is 0 Å². The molecule has 0 amide bonds. The Morgan fingerprint density at radius 1 is 0.667 bits per heavy atom. The Kier molecular flexibility index (Phi) is 5.89. The van der Waals surface area contributed by atoms with Gasteiger partial charge in [0.25, 0.3) is 0 Å².